The van der Waals surface area contributed by atoms with Gasteiger partial charge in [-0.05, 0) is 64.2 Å². The largest absolute Gasteiger partial charge is 0.466 e. The van der Waals surface area contributed by atoms with E-state index in [-0.39, 0.29) is 18.5 Å². The molecule has 0 bridgehead atoms. The molecular weight excluding hydrogens is 863 g/mol. The Morgan fingerprint density at radius 3 is 1.09 bits per heavy atom. The molecule has 0 radical (unpaired) electrons. The number of carbonyl (C=O) groups excluding carboxylic acids is 2. The molecule has 412 valence electrons. The highest BCUT2D eigenvalue weighted by molar-refractivity contribution is 5.76. The summed E-state index contributed by atoms with van der Waals surface area (Å²) in [7, 11) is 0. The molecule has 3 N–H and O–H groups in total. The van der Waals surface area contributed by atoms with Crippen LogP contribution in [0.2, 0.25) is 0 Å². The van der Waals surface area contributed by atoms with Crippen LogP contribution in [-0.2, 0) is 14.3 Å². The fraction of sp³-hybridized carbons (Fsp3) is 0.875. The Labute approximate surface area is 436 Å². The van der Waals surface area contributed by atoms with E-state index in [4.69, 9.17) is 4.74 Å². The first-order valence-corrected chi connectivity index (χ1v) is 31.3. The quantitative estimate of drug-likeness (QED) is 0.0321. The van der Waals surface area contributed by atoms with Crippen molar-refractivity contribution < 1.29 is 24.5 Å². The molecule has 6 heteroatoms. The zero-order valence-electron chi connectivity index (χ0n) is 47.0. The maximum absolute atomic E-state index is 12.4. The number of unbranched alkanes of at least 4 members (excludes halogenated alkanes) is 43. The fourth-order valence-corrected chi connectivity index (χ4v) is 9.61. The van der Waals surface area contributed by atoms with Gasteiger partial charge in [0.2, 0.25) is 5.91 Å². The molecule has 0 aromatic rings. The van der Waals surface area contributed by atoms with E-state index in [0.717, 1.165) is 44.9 Å². The lowest BCUT2D eigenvalue weighted by Crippen LogP contribution is -2.45. The average molecular weight is 985 g/mol. The molecule has 0 aromatic heterocycles. The Balaban J connectivity index is 3.42. The normalized spacial score (nSPS) is 12.8. The highest BCUT2D eigenvalue weighted by Gasteiger charge is 2.18. The van der Waals surface area contributed by atoms with E-state index in [1.165, 1.54) is 263 Å². The van der Waals surface area contributed by atoms with Gasteiger partial charge in [-0.1, -0.05) is 294 Å². The molecule has 0 heterocycles. The van der Waals surface area contributed by atoms with Gasteiger partial charge in [-0.15, -0.1) is 0 Å². The minimum Gasteiger partial charge on any atom is -0.466 e. The Morgan fingerprint density at radius 2 is 0.714 bits per heavy atom. The summed E-state index contributed by atoms with van der Waals surface area (Å²) >= 11 is 0. The Kier molecular flexibility index (Phi) is 58.0. The molecule has 0 fully saturated rings. The van der Waals surface area contributed by atoms with Gasteiger partial charge in [-0.25, -0.2) is 0 Å². The minimum atomic E-state index is -0.845. The van der Waals surface area contributed by atoms with E-state index >= 15 is 0 Å². The van der Waals surface area contributed by atoms with Gasteiger partial charge >= 0.3 is 5.97 Å². The maximum atomic E-state index is 12.4. The van der Waals surface area contributed by atoms with Crippen LogP contribution in [0, 0.1) is 0 Å². The number of allylic oxidation sites excluding steroid dienone is 5. The third kappa shape index (κ3) is 55.4. The topological polar surface area (TPSA) is 95.9 Å². The van der Waals surface area contributed by atoms with Gasteiger partial charge in [0, 0.05) is 12.8 Å². The molecular formula is C64H121NO5. The summed E-state index contributed by atoms with van der Waals surface area (Å²) in [4.78, 5) is 24.5. The number of carbonyl (C=O) groups is 2. The summed E-state index contributed by atoms with van der Waals surface area (Å²) in [6.45, 7) is 4.91. The molecule has 70 heavy (non-hydrogen) atoms. The fourth-order valence-electron chi connectivity index (χ4n) is 9.61. The van der Waals surface area contributed by atoms with Crippen LogP contribution in [0.15, 0.2) is 36.5 Å². The number of rotatable bonds is 58. The minimum absolute atomic E-state index is 0.0124. The van der Waals surface area contributed by atoms with Gasteiger partial charge < -0.3 is 20.3 Å². The molecule has 0 aliphatic carbocycles. The zero-order valence-corrected chi connectivity index (χ0v) is 47.0. The molecule has 0 saturated heterocycles. The van der Waals surface area contributed by atoms with Crippen molar-refractivity contribution in [3.8, 4) is 0 Å². The molecule has 0 spiro atoms. The predicted molar refractivity (Wildman–Crippen MR) is 306 cm³/mol. The van der Waals surface area contributed by atoms with Crippen molar-refractivity contribution in [2.24, 2.45) is 0 Å². The van der Waals surface area contributed by atoms with E-state index in [9.17, 15) is 19.8 Å². The smallest absolute Gasteiger partial charge is 0.305 e. The Bertz CT molecular complexity index is 1130. The molecule has 0 rings (SSSR count). The zero-order chi connectivity index (χ0) is 50.7. The van der Waals surface area contributed by atoms with Crippen LogP contribution in [0.4, 0.5) is 0 Å². The standard InChI is InChI=1S/C64H121NO5/c1-3-5-7-9-11-13-15-17-34-38-42-46-50-54-58-64(69)70-59-55-51-47-43-39-35-32-30-28-26-24-22-20-18-19-21-23-25-27-29-31-33-37-41-45-49-53-57-63(68)65-61(60-66)62(67)56-52-48-44-40-36-16-14-12-10-8-6-4-2/h18-19,22,24,52,56,61-62,66-67H,3-17,20-21,23,25-51,53-55,57-60H2,1-2H3,(H,65,68)/b19-18-,24-22-,56-52+. The number of esters is 1. The first-order chi connectivity index (χ1) is 34.5. The number of hydrogen-bond acceptors (Lipinski definition) is 5. The second-order valence-electron chi connectivity index (χ2n) is 21.4. The van der Waals surface area contributed by atoms with Crippen LogP contribution in [0.3, 0.4) is 0 Å². The van der Waals surface area contributed by atoms with E-state index < -0.39 is 12.1 Å². The van der Waals surface area contributed by atoms with E-state index in [1.807, 2.05) is 6.08 Å². The monoisotopic (exact) mass is 984 g/mol. The van der Waals surface area contributed by atoms with Crippen molar-refractivity contribution in [1.29, 1.82) is 0 Å². The van der Waals surface area contributed by atoms with Gasteiger partial charge in [-0.3, -0.25) is 9.59 Å². The second-order valence-corrected chi connectivity index (χ2v) is 21.4. The third-order valence-electron chi connectivity index (χ3n) is 14.4. The molecule has 0 aromatic carbocycles. The Morgan fingerprint density at radius 1 is 0.400 bits per heavy atom. The van der Waals surface area contributed by atoms with E-state index in [1.54, 1.807) is 6.08 Å². The molecule has 2 atom stereocenters. The van der Waals surface area contributed by atoms with Crippen molar-refractivity contribution in [2.75, 3.05) is 13.2 Å². The molecule has 0 aliphatic rings. The lowest BCUT2D eigenvalue weighted by Gasteiger charge is -2.20. The number of aliphatic hydroxyl groups is 2. The molecule has 0 saturated carbocycles. The van der Waals surface area contributed by atoms with E-state index in [2.05, 4.69) is 43.5 Å². The van der Waals surface area contributed by atoms with Crippen molar-refractivity contribution in [3.05, 3.63) is 36.5 Å². The summed E-state index contributed by atoms with van der Waals surface area (Å²) in [5.74, 6) is -0.0589. The van der Waals surface area contributed by atoms with Crippen molar-refractivity contribution >= 4 is 11.9 Å². The van der Waals surface area contributed by atoms with Crippen LogP contribution in [0.1, 0.15) is 335 Å². The van der Waals surface area contributed by atoms with Crippen LogP contribution in [0.25, 0.3) is 0 Å². The SMILES string of the molecule is CCCCCCCCCCCC/C=C/C(O)C(CO)NC(=O)CCCCCCCCCCCCC/C=C\C/C=C\CCCCCCCCCCCOC(=O)CCCCCCCCCCCCCCCC. The van der Waals surface area contributed by atoms with Crippen molar-refractivity contribution in [3.63, 3.8) is 0 Å². The molecule has 2 unspecified atom stereocenters. The Hall–Kier alpha value is -1.92. The second kappa shape index (κ2) is 59.6. The highest BCUT2D eigenvalue weighted by atomic mass is 16.5. The maximum Gasteiger partial charge on any atom is 0.305 e. The first-order valence-electron chi connectivity index (χ1n) is 31.3. The summed E-state index contributed by atoms with van der Waals surface area (Å²) < 4.78 is 5.48. The average Bonchev–Trinajstić information content (AvgIpc) is 3.36. The van der Waals surface area contributed by atoms with Crippen LogP contribution < -0.4 is 5.32 Å². The number of amides is 1. The summed E-state index contributed by atoms with van der Waals surface area (Å²) in [5.41, 5.74) is 0. The summed E-state index contributed by atoms with van der Waals surface area (Å²) in [5, 5.41) is 23.0. The third-order valence-corrected chi connectivity index (χ3v) is 14.4. The number of ether oxygens (including phenoxy) is 1. The summed E-state index contributed by atoms with van der Waals surface area (Å²) in [6.07, 6.45) is 74.8. The number of hydrogen-bond donors (Lipinski definition) is 3. The first kappa shape index (κ1) is 68.1. The van der Waals surface area contributed by atoms with Crippen molar-refractivity contribution in [2.45, 2.75) is 347 Å². The van der Waals surface area contributed by atoms with Crippen LogP contribution in [0.5, 0.6) is 0 Å². The molecule has 1 amide bonds. The van der Waals surface area contributed by atoms with Crippen LogP contribution in [-0.4, -0.2) is 47.4 Å². The highest BCUT2D eigenvalue weighted by Crippen LogP contribution is 2.17. The number of nitrogens with one attached hydrogen (secondary N) is 1. The van der Waals surface area contributed by atoms with E-state index in [0.29, 0.717) is 19.4 Å². The number of aliphatic hydroxyl groups excluding tert-OH is 2. The van der Waals surface area contributed by atoms with Gasteiger partial charge in [0.25, 0.3) is 0 Å². The van der Waals surface area contributed by atoms with Crippen LogP contribution >= 0.6 is 0 Å². The van der Waals surface area contributed by atoms with Gasteiger partial charge in [0.05, 0.1) is 25.4 Å². The lowest BCUT2D eigenvalue weighted by atomic mass is 10.0. The molecule has 0 aliphatic heterocycles. The van der Waals surface area contributed by atoms with Crippen molar-refractivity contribution in [1.82, 2.24) is 5.32 Å². The van der Waals surface area contributed by atoms with Gasteiger partial charge in [0.15, 0.2) is 0 Å². The molecule has 6 nitrogen and oxygen atoms in total. The summed E-state index contributed by atoms with van der Waals surface area (Å²) in [6, 6.07) is -0.629. The van der Waals surface area contributed by atoms with Gasteiger partial charge in [0.1, 0.15) is 0 Å². The predicted octanol–water partition coefficient (Wildman–Crippen LogP) is 19.6. The lowest BCUT2D eigenvalue weighted by molar-refractivity contribution is -0.143. The van der Waals surface area contributed by atoms with Gasteiger partial charge in [-0.2, -0.15) is 0 Å².